The topological polar surface area (TPSA) is 47.7 Å². The van der Waals surface area contributed by atoms with E-state index >= 15 is 0 Å². The number of nitrogens with zero attached hydrogens (tertiary/aromatic N) is 4. The molecule has 8 heteroatoms. The lowest BCUT2D eigenvalue weighted by Gasteiger charge is -2.25. The van der Waals surface area contributed by atoms with E-state index < -0.39 is 12.1 Å². The number of nitrogens with one attached hydrogen (secondary N) is 1. The Kier molecular flexibility index (Phi) is 3.94. The first-order valence-corrected chi connectivity index (χ1v) is 7.26. The Hall–Kier alpha value is -1.83. The molecule has 22 heavy (non-hydrogen) atoms. The number of aromatic nitrogens is 4. The van der Waals surface area contributed by atoms with E-state index in [-0.39, 0.29) is 12.2 Å². The molecule has 5 nitrogen and oxygen atoms in total. The number of hydrogen-bond acceptors (Lipinski definition) is 3. The van der Waals surface area contributed by atoms with Crippen molar-refractivity contribution in [3.8, 4) is 0 Å². The fraction of sp³-hybridized carbons (Fsp3) is 0.571. The van der Waals surface area contributed by atoms with Crippen molar-refractivity contribution < 1.29 is 13.2 Å². The summed E-state index contributed by atoms with van der Waals surface area (Å²) in [7, 11) is 1.95. The fourth-order valence-corrected chi connectivity index (χ4v) is 2.86. The predicted molar refractivity (Wildman–Crippen MR) is 74.0 cm³/mol. The molecule has 0 saturated carbocycles. The first kappa shape index (κ1) is 15.1. The van der Waals surface area contributed by atoms with E-state index in [0.29, 0.717) is 31.9 Å². The highest BCUT2D eigenvalue weighted by Gasteiger charge is 2.45. The van der Waals surface area contributed by atoms with E-state index in [0.717, 1.165) is 5.69 Å². The van der Waals surface area contributed by atoms with Gasteiger partial charge in [-0.15, -0.1) is 10.2 Å². The molecule has 0 radical (unpaired) electrons. The first-order chi connectivity index (χ1) is 10.5. The molecule has 1 aliphatic heterocycles. The number of halogens is 3. The largest absolute Gasteiger partial charge is 0.398 e. The van der Waals surface area contributed by atoms with E-state index in [4.69, 9.17) is 0 Å². The van der Waals surface area contributed by atoms with Gasteiger partial charge in [-0.2, -0.15) is 13.2 Å². The average molecular weight is 313 g/mol. The Balaban J connectivity index is 1.69. The molecule has 120 valence electrons. The minimum atomic E-state index is -4.25. The van der Waals surface area contributed by atoms with Crippen LogP contribution in [0.25, 0.3) is 0 Å². The molecule has 0 fully saturated rings. The van der Waals surface area contributed by atoms with E-state index in [1.807, 2.05) is 29.9 Å². The lowest BCUT2D eigenvalue weighted by Crippen LogP contribution is -2.29. The zero-order valence-electron chi connectivity index (χ0n) is 12.3. The lowest BCUT2D eigenvalue weighted by molar-refractivity contribution is -0.156. The molecular weight excluding hydrogens is 295 g/mol. The number of fused-ring (bicyclic) bond motifs is 1. The van der Waals surface area contributed by atoms with Gasteiger partial charge in [0.25, 0.3) is 0 Å². The van der Waals surface area contributed by atoms with Crippen LogP contribution < -0.4 is 5.32 Å². The quantitative estimate of drug-likeness (QED) is 0.942. The van der Waals surface area contributed by atoms with E-state index in [1.54, 1.807) is 4.57 Å². The van der Waals surface area contributed by atoms with Gasteiger partial charge in [-0.1, -0.05) is 0 Å². The number of hydrogen-bond donors (Lipinski definition) is 1. The van der Waals surface area contributed by atoms with Crippen LogP contribution >= 0.6 is 0 Å². The summed E-state index contributed by atoms with van der Waals surface area (Å²) in [6.07, 6.45) is -1.71. The summed E-state index contributed by atoms with van der Waals surface area (Å²) < 4.78 is 42.6. The minimum absolute atomic E-state index is 0.0504. The molecule has 0 aliphatic carbocycles. The monoisotopic (exact) mass is 313 g/mol. The molecule has 2 aromatic rings. The lowest BCUT2D eigenvalue weighted by atomic mass is 9.98. The summed E-state index contributed by atoms with van der Waals surface area (Å²) in [6, 6.07) is 3.94. The number of alkyl halides is 3. The van der Waals surface area contributed by atoms with Crippen molar-refractivity contribution in [3.63, 3.8) is 0 Å². The molecule has 3 heterocycles. The number of rotatable bonds is 4. The molecule has 1 aliphatic rings. The van der Waals surface area contributed by atoms with Gasteiger partial charge in [-0.05, 0) is 25.0 Å². The van der Waals surface area contributed by atoms with Gasteiger partial charge in [0.15, 0.2) is 0 Å². The van der Waals surface area contributed by atoms with Crippen LogP contribution in [0.15, 0.2) is 18.3 Å². The molecule has 0 aromatic carbocycles. The first-order valence-electron chi connectivity index (χ1n) is 7.26. The summed E-state index contributed by atoms with van der Waals surface area (Å²) in [6.45, 7) is 1.59. The maximum atomic E-state index is 13.0. The molecule has 0 unspecified atom stereocenters. The molecule has 0 bridgehead atoms. The zero-order chi connectivity index (χ0) is 15.7. The molecule has 0 amide bonds. The third kappa shape index (κ3) is 2.87. The average Bonchev–Trinajstić information content (AvgIpc) is 3.05. The van der Waals surface area contributed by atoms with Gasteiger partial charge in [0.1, 0.15) is 17.6 Å². The Morgan fingerprint density at radius 2 is 2.14 bits per heavy atom. The molecular formula is C14H18F3N5. The van der Waals surface area contributed by atoms with Crippen LogP contribution in [0.3, 0.4) is 0 Å². The molecule has 3 rings (SSSR count). The van der Waals surface area contributed by atoms with Crippen molar-refractivity contribution in [3.05, 3.63) is 35.7 Å². The second-order valence-corrected chi connectivity index (χ2v) is 5.58. The van der Waals surface area contributed by atoms with Crippen LogP contribution in [0, 0.1) is 0 Å². The van der Waals surface area contributed by atoms with Gasteiger partial charge in [0, 0.05) is 32.0 Å². The van der Waals surface area contributed by atoms with E-state index in [2.05, 4.69) is 15.5 Å². The van der Waals surface area contributed by atoms with Crippen molar-refractivity contribution in [1.29, 1.82) is 0 Å². The van der Waals surface area contributed by atoms with Crippen LogP contribution in [-0.2, 0) is 26.7 Å². The van der Waals surface area contributed by atoms with Crippen LogP contribution in [0.2, 0.25) is 0 Å². The SMILES string of the molecule is Cn1cccc1CNCc1nnc2n1CCC[C@H]2C(F)(F)F. The Morgan fingerprint density at radius 1 is 1.32 bits per heavy atom. The smallest absolute Gasteiger partial charge is 0.353 e. The van der Waals surface area contributed by atoms with Crippen LogP contribution in [0.1, 0.15) is 36.1 Å². The third-order valence-corrected chi connectivity index (χ3v) is 4.08. The zero-order valence-corrected chi connectivity index (χ0v) is 12.3. The summed E-state index contributed by atoms with van der Waals surface area (Å²) in [5, 5.41) is 10.9. The van der Waals surface area contributed by atoms with Gasteiger partial charge >= 0.3 is 6.18 Å². The molecule has 2 aromatic heterocycles. The maximum Gasteiger partial charge on any atom is 0.398 e. The standard InChI is InChI=1S/C14H18F3N5/c1-21-6-2-4-10(21)8-18-9-12-19-20-13-11(14(15,16)17)5-3-7-22(12)13/h2,4,6,11,18H,3,5,7-9H2,1H3/t11-/m1/s1. The number of aryl methyl sites for hydroxylation is 1. The predicted octanol–water partition coefficient (Wildman–Crippen LogP) is 2.35. The summed E-state index contributed by atoms with van der Waals surface area (Å²) in [4.78, 5) is 0. The summed E-state index contributed by atoms with van der Waals surface area (Å²) in [5.74, 6) is -0.872. The summed E-state index contributed by atoms with van der Waals surface area (Å²) in [5.41, 5.74) is 1.10. The maximum absolute atomic E-state index is 13.0. The highest BCUT2D eigenvalue weighted by Crippen LogP contribution is 2.40. The highest BCUT2D eigenvalue weighted by atomic mass is 19.4. The van der Waals surface area contributed by atoms with Crippen LogP contribution in [-0.4, -0.2) is 25.5 Å². The van der Waals surface area contributed by atoms with Crippen molar-refractivity contribution in [2.45, 2.75) is 44.6 Å². The van der Waals surface area contributed by atoms with Gasteiger partial charge in [0.05, 0.1) is 6.54 Å². The molecule has 0 saturated heterocycles. The minimum Gasteiger partial charge on any atom is -0.353 e. The Morgan fingerprint density at radius 3 is 2.82 bits per heavy atom. The normalized spacial score (nSPS) is 18.5. The highest BCUT2D eigenvalue weighted by molar-refractivity contribution is 5.09. The van der Waals surface area contributed by atoms with Gasteiger partial charge in [-0.3, -0.25) is 0 Å². The van der Waals surface area contributed by atoms with Crippen molar-refractivity contribution in [2.75, 3.05) is 0 Å². The molecule has 1 atom stereocenters. The van der Waals surface area contributed by atoms with Crippen LogP contribution in [0.4, 0.5) is 13.2 Å². The second kappa shape index (κ2) is 5.75. The van der Waals surface area contributed by atoms with E-state index in [1.165, 1.54) is 0 Å². The van der Waals surface area contributed by atoms with Crippen molar-refractivity contribution in [2.24, 2.45) is 7.05 Å². The van der Waals surface area contributed by atoms with Crippen molar-refractivity contribution in [1.82, 2.24) is 24.6 Å². The molecule has 1 N–H and O–H groups in total. The molecule has 0 spiro atoms. The second-order valence-electron chi connectivity index (χ2n) is 5.58. The Labute approximate surface area is 126 Å². The summed E-state index contributed by atoms with van der Waals surface area (Å²) >= 11 is 0. The fourth-order valence-electron chi connectivity index (χ4n) is 2.86. The van der Waals surface area contributed by atoms with E-state index in [9.17, 15) is 13.2 Å². The Bertz CT molecular complexity index is 643. The third-order valence-electron chi connectivity index (χ3n) is 4.08. The van der Waals surface area contributed by atoms with Gasteiger partial charge in [0.2, 0.25) is 0 Å². The van der Waals surface area contributed by atoms with Gasteiger partial charge in [-0.25, -0.2) is 0 Å². The van der Waals surface area contributed by atoms with Gasteiger partial charge < -0.3 is 14.5 Å². The van der Waals surface area contributed by atoms with Crippen molar-refractivity contribution >= 4 is 0 Å². The van der Waals surface area contributed by atoms with Crippen LogP contribution in [0.5, 0.6) is 0 Å².